The molecule has 4 nitrogen and oxygen atoms in total. The number of rotatable bonds is 9. The molecule has 0 radical (unpaired) electrons. The van der Waals surface area contributed by atoms with E-state index in [0.29, 0.717) is 17.9 Å². The van der Waals surface area contributed by atoms with Gasteiger partial charge in [-0.25, -0.2) is 0 Å². The fraction of sp³-hybridized carbons (Fsp3) is 0.348. The Morgan fingerprint density at radius 3 is 2.45 bits per heavy atom. The van der Waals surface area contributed by atoms with Crippen LogP contribution in [-0.2, 0) is 11.0 Å². The number of amides is 1. The fourth-order valence-corrected chi connectivity index (χ4v) is 3.41. The van der Waals surface area contributed by atoms with Gasteiger partial charge in [-0.15, -0.1) is 0 Å². The predicted octanol–water partition coefficient (Wildman–Crippen LogP) is 6.15. The summed E-state index contributed by atoms with van der Waals surface area (Å²) < 4.78 is 44.3. The average molecular weight is 499 g/mol. The zero-order valence-corrected chi connectivity index (χ0v) is 19.3. The van der Waals surface area contributed by atoms with E-state index in [0.717, 1.165) is 43.1 Å². The first kappa shape index (κ1) is 24.9. The minimum absolute atomic E-state index is 0.258. The van der Waals surface area contributed by atoms with Crippen LogP contribution < -0.4 is 10.1 Å². The van der Waals surface area contributed by atoms with Crippen molar-refractivity contribution in [1.82, 2.24) is 4.90 Å². The van der Waals surface area contributed by atoms with Crippen molar-refractivity contribution in [2.45, 2.75) is 26.9 Å². The van der Waals surface area contributed by atoms with E-state index in [1.165, 1.54) is 18.2 Å². The molecule has 0 aliphatic carbocycles. The van der Waals surface area contributed by atoms with Crippen LogP contribution in [-0.4, -0.2) is 37.0 Å². The van der Waals surface area contributed by atoms with E-state index in [9.17, 15) is 18.0 Å². The number of halogens is 4. The lowest BCUT2D eigenvalue weighted by molar-refractivity contribution is -0.137. The normalized spacial score (nSPS) is 11.9. The summed E-state index contributed by atoms with van der Waals surface area (Å²) in [6.07, 6.45) is -1.68. The highest BCUT2D eigenvalue weighted by Crippen LogP contribution is 2.32. The van der Waals surface area contributed by atoms with E-state index in [-0.39, 0.29) is 10.4 Å². The van der Waals surface area contributed by atoms with Gasteiger partial charge in [0.25, 0.3) is 0 Å². The number of hydrogen-bond acceptors (Lipinski definition) is 3. The van der Waals surface area contributed by atoms with Crippen LogP contribution >= 0.6 is 15.9 Å². The Morgan fingerprint density at radius 1 is 1.16 bits per heavy atom. The summed E-state index contributed by atoms with van der Waals surface area (Å²) in [5.74, 6) is 0.371. The summed E-state index contributed by atoms with van der Waals surface area (Å²) in [6, 6.07) is 8.64. The van der Waals surface area contributed by atoms with Gasteiger partial charge < -0.3 is 15.0 Å². The molecule has 0 saturated carbocycles. The van der Waals surface area contributed by atoms with Crippen LogP contribution in [0.5, 0.6) is 5.75 Å². The quantitative estimate of drug-likeness (QED) is 0.421. The minimum Gasteiger partial charge on any atom is -0.492 e. The van der Waals surface area contributed by atoms with Crippen molar-refractivity contribution < 1.29 is 22.7 Å². The van der Waals surface area contributed by atoms with Crippen LogP contribution in [0.2, 0.25) is 0 Å². The first-order chi connectivity index (χ1) is 14.6. The summed E-state index contributed by atoms with van der Waals surface area (Å²) in [5, 5.41) is 2.74. The van der Waals surface area contributed by atoms with Crippen LogP contribution in [0.3, 0.4) is 0 Å². The summed E-state index contributed by atoms with van der Waals surface area (Å²) in [5.41, 5.74) is 1.22. The lowest BCUT2D eigenvalue weighted by atomic mass is 10.1. The molecule has 168 valence electrons. The third kappa shape index (κ3) is 7.70. The van der Waals surface area contributed by atoms with E-state index < -0.39 is 11.7 Å². The number of benzene rings is 2. The van der Waals surface area contributed by atoms with Gasteiger partial charge >= 0.3 is 6.18 Å². The van der Waals surface area contributed by atoms with Crippen LogP contribution in [0, 0.1) is 6.92 Å². The largest absolute Gasteiger partial charge is 0.492 e. The summed E-state index contributed by atoms with van der Waals surface area (Å²) in [7, 11) is 0. The highest BCUT2D eigenvalue weighted by Gasteiger charge is 2.30. The first-order valence-electron chi connectivity index (χ1n) is 9.95. The lowest BCUT2D eigenvalue weighted by Gasteiger charge is -2.18. The van der Waals surface area contributed by atoms with Crippen molar-refractivity contribution in [1.29, 1.82) is 0 Å². The van der Waals surface area contributed by atoms with Gasteiger partial charge in [0, 0.05) is 22.8 Å². The number of ether oxygens (including phenoxy) is 1. The zero-order valence-electron chi connectivity index (χ0n) is 17.7. The maximum atomic E-state index is 12.7. The molecule has 0 saturated heterocycles. The Bertz CT molecular complexity index is 926. The second-order valence-corrected chi connectivity index (χ2v) is 7.77. The van der Waals surface area contributed by atoms with Crippen LogP contribution in [0.15, 0.2) is 46.9 Å². The molecule has 2 aromatic carbocycles. The average Bonchev–Trinajstić information content (AvgIpc) is 2.71. The number of aryl methyl sites for hydroxylation is 1. The number of carbonyl (C=O) groups is 1. The van der Waals surface area contributed by atoms with Crippen molar-refractivity contribution >= 4 is 33.6 Å². The maximum Gasteiger partial charge on any atom is 0.416 e. The van der Waals surface area contributed by atoms with Crippen LogP contribution in [0.25, 0.3) is 6.08 Å². The van der Waals surface area contributed by atoms with E-state index >= 15 is 0 Å². The molecule has 0 aliphatic rings. The number of nitrogens with zero attached hydrogens (tertiary/aromatic N) is 1. The number of anilines is 1. The zero-order chi connectivity index (χ0) is 23.0. The molecule has 8 heteroatoms. The maximum absolute atomic E-state index is 12.7. The summed E-state index contributed by atoms with van der Waals surface area (Å²) >= 11 is 3.11. The molecule has 0 atom stereocenters. The molecule has 0 unspecified atom stereocenters. The molecular weight excluding hydrogens is 473 g/mol. The molecule has 0 spiro atoms. The Kier molecular flexibility index (Phi) is 9.13. The van der Waals surface area contributed by atoms with Crippen LogP contribution in [0.1, 0.15) is 30.5 Å². The van der Waals surface area contributed by atoms with Crippen molar-refractivity contribution in [3.8, 4) is 5.75 Å². The highest BCUT2D eigenvalue weighted by atomic mass is 79.9. The second-order valence-electron chi connectivity index (χ2n) is 6.91. The molecule has 31 heavy (non-hydrogen) atoms. The molecule has 2 aromatic rings. The molecule has 0 fully saturated rings. The van der Waals surface area contributed by atoms with Gasteiger partial charge in [-0.1, -0.05) is 35.8 Å². The summed E-state index contributed by atoms with van der Waals surface area (Å²) in [6.45, 7) is 9.49. The first-order valence-corrected chi connectivity index (χ1v) is 10.7. The molecule has 0 heterocycles. The molecule has 1 N–H and O–H groups in total. The molecule has 0 bridgehead atoms. The van der Waals surface area contributed by atoms with Crippen LogP contribution in [0.4, 0.5) is 18.9 Å². The SMILES string of the molecule is CCN(CC)CCOc1ccc(NC(=O)/C=C/c2ccc(C(F)(F)F)cc2Br)cc1C. The topological polar surface area (TPSA) is 41.6 Å². The monoisotopic (exact) mass is 498 g/mol. The van der Waals surface area contributed by atoms with E-state index in [2.05, 4.69) is 40.0 Å². The Labute approximate surface area is 189 Å². The van der Waals surface area contributed by atoms with Gasteiger partial charge in [-0.3, -0.25) is 4.79 Å². The number of hydrogen-bond donors (Lipinski definition) is 1. The third-order valence-corrected chi connectivity index (χ3v) is 5.43. The standard InChI is InChI=1S/C23H26BrF3N2O2/c1-4-29(5-2)12-13-31-21-10-9-19(14-16(21)3)28-22(30)11-7-17-6-8-18(15-20(17)24)23(25,26)27/h6-11,14-15H,4-5,12-13H2,1-3H3,(H,28,30)/b11-7+. The number of nitrogens with one attached hydrogen (secondary N) is 1. The highest BCUT2D eigenvalue weighted by molar-refractivity contribution is 9.10. The van der Waals surface area contributed by atoms with Crippen molar-refractivity contribution in [3.05, 3.63) is 63.6 Å². The van der Waals surface area contributed by atoms with Gasteiger partial charge in [0.05, 0.1) is 5.56 Å². The third-order valence-electron chi connectivity index (χ3n) is 4.74. The molecule has 2 rings (SSSR count). The molecular formula is C23H26BrF3N2O2. The van der Waals surface area contributed by atoms with Gasteiger partial charge in [-0.2, -0.15) is 13.2 Å². The molecule has 1 amide bonds. The molecule has 0 aliphatic heterocycles. The van der Waals surface area contributed by atoms with Gasteiger partial charge in [-0.05, 0) is 67.5 Å². The Balaban J connectivity index is 1.96. The lowest BCUT2D eigenvalue weighted by Crippen LogP contribution is -2.28. The van der Waals surface area contributed by atoms with Gasteiger partial charge in [0.1, 0.15) is 12.4 Å². The van der Waals surface area contributed by atoms with Crippen molar-refractivity contribution in [3.63, 3.8) is 0 Å². The van der Waals surface area contributed by atoms with E-state index in [1.807, 2.05) is 19.1 Å². The van der Waals surface area contributed by atoms with Crippen molar-refractivity contribution in [2.75, 3.05) is 31.6 Å². The van der Waals surface area contributed by atoms with Crippen molar-refractivity contribution in [2.24, 2.45) is 0 Å². The number of carbonyl (C=O) groups excluding carboxylic acids is 1. The number of alkyl halides is 3. The Hall–Kier alpha value is -2.32. The van der Waals surface area contributed by atoms with Gasteiger partial charge in [0.15, 0.2) is 0 Å². The molecule has 0 aromatic heterocycles. The van der Waals surface area contributed by atoms with E-state index in [1.54, 1.807) is 6.07 Å². The predicted molar refractivity (Wildman–Crippen MR) is 121 cm³/mol. The second kappa shape index (κ2) is 11.3. The summed E-state index contributed by atoms with van der Waals surface area (Å²) in [4.78, 5) is 14.5. The minimum atomic E-state index is -4.42. The fourth-order valence-electron chi connectivity index (χ4n) is 2.90. The van der Waals surface area contributed by atoms with E-state index in [4.69, 9.17) is 4.74 Å². The Morgan fingerprint density at radius 2 is 1.87 bits per heavy atom. The smallest absolute Gasteiger partial charge is 0.416 e. The number of likely N-dealkylation sites (N-methyl/N-ethyl adjacent to an activating group) is 1. The van der Waals surface area contributed by atoms with Gasteiger partial charge in [0.2, 0.25) is 5.91 Å².